The number of nitrogens with zero attached hydrogens (tertiary/aromatic N) is 4. The zero-order valence-corrected chi connectivity index (χ0v) is 27.7. The van der Waals surface area contributed by atoms with Gasteiger partial charge in [0.1, 0.15) is 0 Å². The summed E-state index contributed by atoms with van der Waals surface area (Å²) < 4.78 is 3.38. The van der Waals surface area contributed by atoms with Crippen LogP contribution in [-0.4, -0.2) is 19.1 Å². The minimum Gasteiger partial charge on any atom is -0.295 e. The summed E-state index contributed by atoms with van der Waals surface area (Å²) >= 11 is 0. The largest absolute Gasteiger partial charge is 0.328 e. The first-order chi connectivity index (χ1) is 24.5. The number of hydrogen-bond donors (Lipinski definition) is 0. The molecule has 0 aliphatic heterocycles. The van der Waals surface area contributed by atoms with Crippen LogP contribution in [-0.2, 0) is 14.1 Å². The van der Waals surface area contributed by atoms with Crippen molar-refractivity contribution in [2.45, 2.75) is 0 Å². The lowest BCUT2D eigenvalue weighted by atomic mass is 9.87. The van der Waals surface area contributed by atoms with E-state index in [2.05, 4.69) is 133 Å². The van der Waals surface area contributed by atoms with E-state index in [1.165, 1.54) is 21.9 Å². The summed E-state index contributed by atoms with van der Waals surface area (Å²) in [5, 5.41) is 4.67. The molecule has 9 rings (SSSR count). The molecule has 0 unspecified atom stereocenters. The van der Waals surface area contributed by atoms with Crippen molar-refractivity contribution in [2.24, 2.45) is 14.1 Å². The molecular weight excluding hydrogens is 613 g/mol. The maximum Gasteiger partial charge on any atom is 0.328 e. The SMILES string of the molecule is Cn1c(=O)n(C)c2cc(-c3ccc(-c4cc(-c5c6ccccc6c(-c6ccccc6)c6ccccc56)nc(-c5ccccc5)n4)cc3)ccc21. The highest BCUT2D eigenvalue weighted by Crippen LogP contribution is 2.44. The monoisotopic (exact) mass is 644 g/mol. The molecule has 0 atom stereocenters. The topological polar surface area (TPSA) is 52.7 Å². The average molecular weight is 645 g/mol. The number of aryl methyl sites for hydroxylation is 2. The highest BCUT2D eigenvalue weighted by Gasteiger charge is 2.19. The molecular formula is C45H32N4O. The van der Waals surface area contributed by atoms with E-state index in [-0.39, 0.29) is 5.69 Å². The first-order valence-corrected chi connectivity index (χ1v) is 16.8. The molecule has 0 aliphatic carbocycles. The van der Waals surface area contributed by atoms with E-state index in [0.29, 0.717) is 5.82 Å². The van der Waals surface area contributed by atoms with Crippen molar-refractivity contribution in [3.05, 3.63) is 168 Å². The zero-order valence-electron chi connectivity index (χ0n) is 27.7. The predicted octanol–water partition coefficient (Wildman–Crippen LogP) is 10.3. The van der Waals surface area contributed by atoms with Crippen molar-refractivity contribution in [2.75, 3.05) is 0 Å². The van der Waals surface area contributed by atoms with Gasteiger partial charge >= 0.3 is 5.69 Å². The second kappa shape index (κ2) is 11.8. The maximum atomic E-state index is 12.5. The summed E-state index contributed by atoms with van der Waals surface area (Å²) in [4.78, 5) is 23.0. The Kier molecular flexibility index (Phi) is 6.99. The van der Waals surface area contributed by atoms with Crippen LogP contribution in [0.5, 0.6) is 0 Å². The minimum atomic E-state index is -0.0310. The molecule has 0 bridgehead atoms. The molecule has 2 heterocycles. The van der Waals surface area contributed by atoms with Crippen LogP contribution in [0.25, 0.3) is 88.7 Å². The standard InChI is InChI=1S/C45H32N4O/c1-48-40-26-25-33(27-41(40)49(2)45(48)50)29-21-23-30(24-22-29)38-28-39(47-44(46-38)32-15-7-4-8-16-32)43-36-19-11-9-17-34(36)42(31-13-5-3-6-14-31)35-18-10-12-20-37(35)43/h3-28H,1-2H3. The quantitative estimate of drug-likeness (QED) is 0.175. The molecule has 5 heteroatoms. The fourth-order valence-electron chi connectivity index (χ4n) is 7.28. The summed E-state index contributed by atoms with van der Waals surface area (Å²) in [5.74, 6) is 0.679. The van der Waals surface area contributed by atoms with Gasteiger partial charge in [0.15, 0.2) is 5.82 Å². The van der Waals surface area contributed by atoms with E-state index in [0.717, 1.165) is 61.0 Å². The number of benzene rings is 7. The van der Waals surface area contributed by atoms with E-state index < -0.39 is 0 Å². The van der Waals surface area contributed by atoms with Crippen molar-refractivity contribution in [3.8, 4) is 56.2 Å². The molecule has 0 N–H and O–H groups in total. The van der Waals surface area contributed by atoms with Gasteiger partial charge in [0.25, 0.3) is 0 Å². The third-order valence-electron chi connectivity index (χ3n) is 9.79. The Labute approximate surface area is 289 Å². The van der Waals surface area contributed by atoms with Crippen LogP contribution in [0.2, 0.25) is 0 Å². The van der Waals surface area contributed by atoms with Gasteiger partial charge in [0.2, 0.25) is 0 Å². The third kappa shape index (κ3) is 4.82. The van der Waals surface area contributed by atoms with Gasteiger partial charge < -0.3 is 0 Å². The van der Waals surface area contributed by atoms with Gasteiger partial charge in [0.05, 0.1) is 22.4 Å². The Balaban J connectivity index is 1.24. The summed E-state index contributed by atoms with van der Waals surface area (Å²) in [6.07, 6.45) is 0. The summed E-state index contributed by atoms with van der Waals surface area (Å²) in [6, 6.07) is 54.9. The second-order valence-electron chi connectivity index (χ2n) is 12.7. The van der Waals surface area contributed by atoms with Crippen LogP contribution in [0, 0.1) is 0 Å². The zero-order chi connectivity index (χ0) is 33.8. The molecule has 0 fully saturated rings. The predicted molar refractivity (Wildman–Crippen MR) is 206 cm³/mol. The van der Waals surface area contributed by atoms with Gasteiger partial charge in [0, 0.05) is 30.8 Å². The fraction of sp³-hybridized carbons (Fsp3) is 0.0444. The number of imidazole rings is 1. The van der Waals surface area contributed by atoms with E-state index in [9.17, 15) is 4.79 Å². The van der Waals surface area contributed by atoms with Crippen molar-refractivity contribution >= 4 is 32.6 Å². The molecule has 0 saturated heterocycles. The van der Waals surface area contributed by atoms with Crippen LogP contribution in [0.4, 0.5) is 0 Å². The summed E-state index contributed by atoms with van der Waals surface area (Å²) in [7, 11) is 3.62. The molecule has 238 valence electrons. The van der Waals surface area contributed by atoms with Gasteiger partial charge in [-0.25, -0.2) is 14.8 Å². The molecule has 0 amide bonds. The first-order valence-electron chi connectivity index (χ1n) is 16.8. The Morgan fingerprint density at radius 1 is 0.400 bits per heavy atom. The van der Waals surface area contributed by atoms with Crippen molar-refractivity contribution in [1.29, 1.82) is 0 Å². The number of fused-ring (bicyclic) bond motifs is 3. The van der Waals surface area contributed by atoms with Gasteiger partial charge in [-0.3, -0.25) is 9.13 Å². The normalized spacial score (nSPS) is 11.5. The molecule has 9 aromatic rings. The first kappa shape index (κ1) is 29.5. The van der Waals surface area contributed by atoms with E-state index in [1.54, 1.807) is 9.13 Å². The van der Waals surface area contributed by atoms with E-state index in [4.69, 9.17) is 9.97 Å². The van der Waals surface area contributed by atoms with Crippen LogP contribution in [0.3, 0.4) is 0 Å². The second-order valence-corrected chi connectivity index (χ2v) is 12.7. The average Bonchev–Trinajstić information content (AvgIpc) is 3.40. The van der Waals surface area contributed by atoms with Crippen LogP contribution >= 0.6 is 0 Å². The van der Waals surface area contributed by atoms with Crippen molar-refractivity contribution in [3.63, 3.8) is 0 Å². The fourth-order valence-corrected chi connectivity index (χ4v) is 7.28. The smallest absolute Gasteiger partial charge is 0.295 e. The highest BCUT2D eigenvalue weighted by molar-refractivity contribution is 6.21. The van der Waals surface area contributed by atoms with E-state index >= 15 is 0 Å². The summed E-state index contributed by atoms with van der Waals surface area (Å²) in [6.45, 7) is 0. The van der Waals surface area contributed by atoms with Crippen LogP contribution in [0.1, 0.15) is 0 Å². The molecule has 0 spiro atoms. The lowest BCUT2D eigenvalue weighted by molar-refractivity contribution is 0.795. The lowest BCUT2D eigenvalue weighted by Gasteiger charge is -2.18. The highest BCUT2D eigenvalue weighted by atomic mass is 16.1. The van der Waals surface area contributed by atoms with Crippen molar-refractivity contribution in [1.82, 2.24) is 19.1 Å². The Morgan fingerprint density at radius 2 is 0.880 bits per heavy atom. The van der Waals surface area contributed by atoms with Gasteiger partial charge in [-0.1, -0.05) is 140 Å². The van der Waals surface area contributed by atoms with Gasteiger partial charge in [-0.2, -0.15) is 0 Å². The number of aromatic nitrogens is 4. The number of rotatable bonds is 5. The Hall–Kier alpha value is -6.59. The van der Waals surface area contributed by atoms with Crippen LogP contribution < -0.4 is 5.69 Å². The molecule has 7 aromatic carbocycles. The molecule has 5 nitrogen and oxygen atoms in total. The van der Waals surface area contributed by atoms with Crippen LogP contribution in [0.15, 0.2) is 163 Å². The van der Waals surface area contributed by atoms with Crippen molar-refractivity contribution < 1.29 is 0 Å². The Bertz CT molecular complexity index is 2720. The summed E-state index contributed by atoms with van der Waals surface area (Å²) in [5.41, 5.74) is 11.1. The molecule has 0 saturated carbocycles. The molecule has 2 aromatic heterocycles. The minimum absolute atomic E-state index is 0.0310. The number of hydrogen-bond acceptors (Lipinski definition) is 3. The molecule has 50 heavy (non-hydrogen) atoms. The molecule has 0 aliphatic rings. The lowest BCUT2D eigenvalue weighted by Crippen LogP contribution is -2.19. The van der Waals surface area contributed by atoms with Gasteiger partial charge in [-0.15, -0.1) is 0 Å². The maximum absolute atomic E-state index is 12.5. The van der Waals surface area contributed by atoms with E-state index in [1.807, 2.05) is 38.4 Å². The Morgan fingerprint density at radius 3 is 1.50 bits per heavy atom. The third-order valence-corrected chi connectivity index (χ3v) is 9.79. The van der Waals surface area contributed by atoms with Gasteiger partial charge in [-0.05, 0) is 62.0 Å². The molecule has 0 radical (unpaired) electrons.